The summed E-state index contributed by atoms with van der Waals surface area (Å²) in [5.74, 6) is -1.24. The maximum absolute atomic E-state index is 12.6. The highest BCUT2D eigenvalue weighted by Crippen LogP contribution is 2.33. The van der Waals surface area contributed by atoms with Crippen LogP contribution in [0, 0.1) is 0 Å². The van der Waals surface area contributed by atoms with Crippen LogP contribution in [0.5, 0.6) is 0 Å². The standard InChI is InChI=1S/C8H5BrClF2NO2/c9-4-2-13-7(10)3(1-5(14)15)6(4)8(11)12/h2,8H,1H2,(H,14,15). The van der Waals surface area contributed by atoms with Crippen LogP contribution in [0.15, 0.2) is 10.7 Å². The van der Waals surface area contributed by atoms with E-state index in [2.05, 4.69) is 20.9 Å². The van der Waals surface area contributed by atoms with Crippen LogP contribution in [0.3, 0.4) is 0 Å². The molecule has 0 aromatic carbocycles. The van der Waals surface area contributed by atoms with Gasteiger partial charge in [0.05, 0.1) is 6.42 Å². The summed E-state index contributed by atoms with van der Waals surface area (Å²) in [6.07, 6.45) is -2.26. The van der Waals surface area contributed by atoms with Gasteiger partial charge in [-0.25, -0.2) is 13.8 Å². The van der Waals surface area contributed by atoms with Crippen molar-refractivity contribution >= 4 is 33.5 Å². The molecule has 0 radical (unpaired) electrons. The van der Waals surface area contributed by atoms with Crippen LogP contribution in [0.1, 0.15) is 17.6 Å². The van der Waals surface area contributed by atoms with Crippen molar-refractivity contribution in [2.45, 2.75) is 12.8 Å². The van der Waals surface area contributed by atoms with E-state index in [0.717, 1.165) is 6.20 Å². The number of pyridine rings is 1. The Morgan fingerprint density at radius 2 is 2.27 bits per heavy atom. The van der Waals surface area contributed by atoms with Crippen molar-refractivity contribution in [3.8, 4) is 0 Å². The van der Waals surface area contributed by atoms with Crippen LogP contribution in [0.4, 0.5) is 8.78 Å². The first-order valence-electron chi connectivity index (χ1n) is 3.76. The predicted molar refractivity (Wildman–Crippen MR) is 53.2 cm³/mol. The zero-order valence-corrected chi connectivity index (χ0v) is 9.52. The molecule has 7 heteroatoms. The number of carboxylic acid groups (broad SMARTS) is 1. The Hall–Kier alpha value is -0.750. The lowest BCUT2D eigenvalue weighted by atomic mass is 10.1. The van der Waals surface area contributed by atoms with Gasteiger partial charge < -0.3 is 5.11 Å². The van der Waals surface area contributed by atoms with Gasteiger partial charge in [0.1, 0.15) is 5.15 Å². The number of hydrogen-bond acceptors (Lipinski definition) is 2. The molecule has 0 bridgehead atoms. The highest BCUT2D eigenvalue weighted by atomic mass is 79.9. The van der Waals surface area contributed by atoms with Crippen molar-refractivity contribution < 1.29 is 18.7 Å². The Morgan fingerprint density at radius 3 is 2.73 bits per heavy atom. The van der Waals surface area contributed by atoms with E-state index in [1.807, 2.05) is 0 Å². The van der Waals surface area contributed by atoms with E-state index in [1.54, 1.807) is 0 Å². The van der Waals surface area contributed by atoms with E-state index in [4.69, 9.17) is 16.7 Å². The second-order valence-corrected chi connectivity index (χ2v) is 3.87. The fraction of sp³-hybridized carbons (Fsp3) is 0.250. The molecular formula is C8H5BrClF2NO2. The first-order valence-corrected chi connectivity index (χ1v) is 4.93. The van der Waals surface area contributed by atoms with Crippen LogP contribution in [0.2, 0.25) is 5.15 Å². The molecule has 0 aliphatic heterocycles. The highest BCUT2D eigenvalue weighted by molar-refractivity contribution is 9.10. The number of carbonyl (C=O) groups is 1. The summed E-state index contributed by atoms with van der Waals surface area (Å²) >= 11 is 8.44. The van der Waals surface area contributed by atoms with E-state index in [0.29, 0.717) is 0 Å². The number of rotatable bonds is 3. The van der Waals surface area contributed by atoms with Gasteiger partial charge in [0, 0.05) is 21.8 Å². The molecule has 3 nitrogen and oxygen atoms in total. The smallest absolute Gasteiger partial charge is 0.307 e. The van der Waals surface area contributed by atoms with Gasteiger partial charge in [-0.15, -0.1) is 0 Å². The van der Waals surface area contributed by atoms with Crippen molar-refractivity contribution in [2.24, 2.45) is 0 Å². The van der Waals surface area contributed by atoms with E-state index < -0.39 is 24.4 Å². The number of halogens is 4. The topological polar surface area (TPSA) is 50.2 Å². The number of aromatic nitrogens is 1. The van der Waals surface area contributed by atoms with Crippen LogP contribution in [0.25, 0.3) is 0 Å². The second-order valence-electron chi connectivity index (χ2n) is 2.66. The van der Waals surface area contributed by atoms with Crippen LogP contribution >= 0.6 is 27.5 Å². The Kier molecular flexibility index (Phi) is 3.98. The summed E-state index contributed by atoms with van der Waals surface area (Å²) in [4.78, 5) is 14.1. The molecule has 0 saturated carbocycles. The van der Waals surface area contributed by atoms with Gasteiger partial charge >= 0.3 is 5.97 Å². The fourth-order valence-corrected chi connectivity index (χ4v) is 1.80. The molecule has 1 N–H and O–H groups in total. The third kappa shape index (κ3) is 2.85. The zero-order valence-electron chi connectivity index (χ0n) is 7.18. The van der Waals surface area contributed by atoms with E-state index in [-0.39, 0.29) is 15.2 Å². The second kappa shape index (κ2) is 4.85. The van der Waals surface area contributed by atoms with Gasteiger partial charge in [-0.1, -0.05) is 11.6 Å². The lowest BCUT2D eigenvalue weighted by Gasteiger charge is -2.10. The monoisotopic (exact) mass is 299 g/mol. The lowest BCUT2D eigenvalue weighted by molar-refractivity contribution is -0.136. The first kappa shape index (κ1) is 12.3. The molecule has 0 fully saturated rings. The number of nitrogens with zero attached hydrogens (tertiary/aromatic N) is 1. The van der Waals surface area contributed by atoms with E-state index in [9.17, 15) is 13.6 Å². The first-order chi connectivity index (χ1) is 6.93. The molecule has 0 unspecified atom stereocenters. The fourth-order valence-electron chi connectivity index (χ4n) is 1.07. The van der Waals surface area contributed by atoms with Crippen molar-refractivity contribution in [2.75, 3.05) is 0 Å². The molecule has 1 rings (SSSR count). The minimum Gasteiger partial charge on any atom is -0.481 e. The third-order valence-corrected chi connectivity index (χ3v) is 2.63. The molecule has 0 spiro atoms. The Labute approximate surface area is 97.2 Å². The minimum atomic E-state index is -2.80. The largest absolute Gasteiger partial charge is 0.481 e. The summed E-state index contributed by atoms with van der Waals surface area (Å²) < 4.78 is 25.3. The molecule has 0 atom stereocenters. The van der Waals surface area contributed by atoms with E-state index in [1.165, 1.54) is 0 Å². The summed E-state index contributed by atoms with van der Waals surface area (Å²) in [6.45, 7) is 0. The molecule has 0 aliphatic carbocycles. The number of alkyl halides is 2. The lowest BCUT2D eigenvalue weighted by Crippen LogP contribution is -2.06. The maximum Gasteiger partial charge on any atom is 0.307 e. The summed E-state index contributed by atoms with van der Waals surface area (Å²) in [5, 5.41) is 8.33. The number of aliphatic carboxylic acids is 1. The van der Waals surface area contributed by atoms with Gasteiger partial charge in [0.25, 0.3) is 6.43 Å². The predicted octanol–water partition coefficient (Wildman–Crippen LogP) is 3.06. The molecule has 1 heterocycles. The summed E-state index contributed by atoms with van der Waals surface area (Å²) in [6, 6.07) is 0. The molecule has 82 valence electrons. The maximum atomic E-state index is 12.6. The summed E-state index contributed by atoms with van der Waals surface area (Å²) in [5.41, 5.74) is -0.578. The SMILES string of the molecule is O=C(O)Cc1c(Cl)ncc(Br)c1C(F)F. The van der Waals surface area contributed by atoms with Crippen LogP contribution in [-0.2, 0) is 11.2 Å². The molecule has 0 amide bonds. The molecule has 15 heavy (non-hydrogen) atoms. The molecule has 0 aliphatic rings. The molecule has 0 saturated heterocycles. The Morgan fingerprint density at radius 1 is 1.67 bits per heavy atom. The van der Waals surface area contributed by atoms with Gasteiger partial charge in [0.2, 0.25) is 0 Å². The average Bonchev–Trinajstić information content (AvgIpc) is 2.10. The van der Waals surface area contributed by atoms with Crippen molar-refractivity contribution in [1.82, 2.24) is 4.98 Å². The molecule has 1 aromatic rings. The zero-order chi connectivity index (χ0) is 11.6. The molecular weight excluding hydrogens is 295 g/mol. The average molecular weight is 300 g/mol. The quantitative estimate of drug-likeness (QED) is 0.873. The highest BCUT2D eigenvalue weighted by Gasteiger charge is 2.21. The van der Waals surface area contributed by atoms with Gasteiger partial charge in [-0.05, 0) is 15.9 Å². The van der Waals surface area contributed by atoms with Crippen LogP contribution in [-0.4, -0.2) is 16.1 Å². The van der Waals surface area contributed by atoms with Gasteiger partial charge in [-0.2, -0.15) is 0 Å². The van der Waals surface area contributed by atoms with Gasteiger partial charge in [0.15, 0.2) is 0 Å². The Balaban J connectivity index is 3.31. The van der Waals surface area contributed by atoms with E-state index >= 15 is 0 Å². The number of hydrogen-bond donors (Lipinski definition) is 1. The number of carboxylic acids is 1. The minimum absolute atomic E-state index is 0.0538. The third-order valence-electron chi connectivity index (χ3n) is 1.67. The summed E-state index contributed by atoms with van der Waals surface area (Å²) in [7, 11) is 0. The Bertz CT molecular complexity index is 400. The van der Waals surface area contributed by atoms with Crippen molar-refractivity contribution in [1.29, 1.82) is 0 Å². The van der Waals surface area contributed by atoms with Gasteiger partial charge in [-0.3, -0.25) is 4.79 Å². The van der Waals surface area contributed by atoms with Crippen LogP contribution < -0.4 is 0 Å². The van der Waals surface area contributed by atoms with Crippen molar-refractivity contribution in [3.63, 3.8) is 0 Å². The van der Waals surface area contributed by atoms with Crippen molar-refractivity contribution in [3.05, 3.63) is 26.9 Å². The normalized spacial score (nSPS) is 10.7. The molecule has 1 aromatic heterocycles.